The molecule has 0 saturated heterocycles. The highest BCUT2D eigenvalue weighted by atomic mass is 16.3. The van der Waals surface area contributed by atoms with Crippen LogP contribution in [0.15, 0.2) is 11.6 Å². The second-order valence-electron chi connectivity index (χ2n) is 13.3. The summed E-state index contributed by atoms with van der Waals surface area (Å²) in [6.45, 7) is 12.1. The zero-order valence-corrected chi connectivity index (χ0v) is 21.8. The van der Waals surface area contributed by atoms with Crippen molar-refractivity contribution in [1.82, 2.24) is 0 Å². The van der Waals surface area contributed by atoms with Crippen LogP contribution in [-0.4, -0.2) is 60.8 Å². The standard InChI is InChI=1S/C28H46O6/c1-15(2)16(3)11-24(32)27(6,33)23-8-10-28(34)18-12-20(29)19-13-21(30)22(31)14-25(19,4)17(18)7-9-26(23,28)5/h12,15-17,19,21-24,30-34H,7-11,13-14H2,1-6H3/t16-,17-,19-,21+,22-,23-,24+,25+,26+,27+,28-/m0/s1. The molecule has 5 N–H and O–H groups in total. The number of carbonyl (C=O) groups excluding carboxylic acids is 1. The van der Waals surface area contributed by atoms with Crippen LogP contribution in [0.2, 0.25) is 0 Å². The third-order valence-electron chi connectivity index (χ3n) is 11.2. The zero-order chi connectivity index (χ0) is 25.4. The number of hydrogen-bond acceptors (Lipinski definition) is 6. The van der Waals surface area contributed by atoms with Crippen molar-refractivity contribution in [3.05, 3.63) is 11.6 Å². The first kappa shape index (κ1) is 26.3. The molecule has 0 unspecified atom stereocenters. The van der Waals surface area contributed by atoms with Crippen molar-refractivity contribution < 1.29 is 30.3 Å². The number of fused-ring (bicyclic) bond motifs is 5. The van der Waals surface area contributed by atoms with Crippen molar-refractivity contribution in [3.8, 4) is 0 Å². The van der Waals surface area contributed by atoms with Gasteiger partial charge in [-0.25, -0.2) is 0 Å². The molecule has 3 fully saturated rings. The van der Waals surface area contributed by atoms with Gasteiger partial charge in [0.15, 0.2) is 5.78 Å². The van der Waals surface area contributed by atoms with Gasteiger partial charge in [0.05, 0.1) is 29.5 Å². The Balaban J connectivity index is 1.68. The van der Waals surface area contributed by atoms with Gasteiger partial charge in [-0.3, -0.25) is 4.79 Å². The second-order valence-corrected chi connectivity index (χ2v) is 13.3. The summed E-state index contributed by atoms with van der Waals surface area (Å²) in [5, 5.41) is 55.8. The van der Waals surface area contributed by atoms with Crippen molar-refractivity contribution in [3.63, 3.8) is 0 Å². The Morgan fingerprint density at radius 1 is 1.09 bits per heavy atom. The summed E-state index contributed by atoms with van der Waals surface area (Å²) in [6, 6.07) is 0. The maximum absolute atomic E-state index is 13.3. The summed E-state index contributed by atoms with van der Waals surface area (Å²) in [4.78, 5) is 13.3. The Kier molecular flexibility index (Phi) is 6.47. The first-order chi connectivity index (χ1) is 15.6. The van der Waals surface area contributed by atoms with Crippen molar-refractivity contribution in [2.24, 2.45) is 40.4 Å². The predicted octanol–water partition coefficient (Wildman–Crippen LogP) is 2.99. The van der Waals surface area contributed by atoms with Crippen molar-refractivity contribution in [1.29, 1.82) is 0 Å². The molecule has 6 heteroatoms. The molecule has 0 aromatic heterocycles. The molecule has 11 atom stereocenters. The van der Waals surface area contributed by atoms with E-state index in [-0.39, 0.29) is 35.9 Å². The van der Waals surface area contributed by atoms with Crippen LogP contribution in [0, 0.1) is 40.4 Å². The molecule has 0 aliphatic heterocycles. The largest absolute Gasteiger partial charge is 0.390 e. The zero-order valence-electron chi connectivity index (χ0n) is 21.8. The van der Waals surface area contributed by atoms with E-state index in [2.05, 4.69) is 20.8 Å². The molecule has 194 valence electrons. The fraction of sp³-hybridized carbons (Fsp3) is 0.893. The number of hydrogen-bond donors (Lipinski definition) is 5. The van der Waals surface area contributed by atoms with Gasteiger partial charge >= 0.3 is 0 Å². The molecule has 3 saturated carbocycles. The van der Waals surface area contributed by atoms with Gasteiger partial charge in [0.2, 0.25) is 0 Å². The van der Waals surface area contributed by atoms with E-state index in [9.17, 15) is 30.3 Å². The lowest BCUT2D eigenvalue weighted by Crippen LogP contribution is -2.62. The summed E-state index contributed by atoms with van der Waals surface area (Å²) in [5.74, 6) is -0.126. The smallest absolute Gasteiger partial charge is 0.159 e. The number of rotatable bonds is 5. The van der Waals surface area contributed by atoms with Crippen LogP contribution in [0.5, 0.6) is 0 Å². The number of allylic oxidation sites excluding steroid dienone is 1. The van der Waals surface area contributed by atoms with E-state index in [0.29, 0.717) is 38.0 Å². The lowest BCUT2D eigenvalue weighted by molar-refractivity contribution is -0.177. The number of ketones is 1. The molecule has 34 heavy (non-hydrogen) atoms. The second kappa shape index (κ2) is 8.37. The Morgan fingerprint density at radius 2 is 1.74 bits per heavy atom. The van der Waals surface area contributed by atoms with Gasteiger partial charge in [0.1, 0.15) is 0 Å². The van der Waals surface area contributed by atoms with Gasteiger partial charge in [0, 0.05) is 11.3 Å². The third kappa shape index (κ3) is 3.58. The first-order valence-corrected chi connectivity index (χ1v) is 13.3. The van der Waals surface area contributed by atoms with Crippen LogP contribution in [0.3, 0.4) is 0 Å². The van der Waals surface area contributed by atoms with Gasteiger partial charge in [-0.05, 0) is 92.6 Å². The maximum Gasteiger partial charge on any atom is 0.159 e. The van der Waals surface area contributed by atoms with Gasteiger partial charge in [-0.15, -0.1) is 0 Å². The van der Waals surface area contributed by atoms with E-state index >= 15 is 0 Å². The Bertz CT molecular complexity index is 850. The topological polar surface area (TPSA) is 118 Å². The Morgan fingerprint density at radius 3 is 2.35 bits per heavy atom. The molecule has 0 aromatic carbocycles. The highest BCUT2D eigenvalue weighted by Crippen LogP contribution is 2.68. The van der Waals surface area contributed by atoms with Crippen LogP contribution < -0.4 is 0 Å². The van der Waals surface area contributed by atoms with Crippen LogP contribution in [0.25, 0.3) is 0 Å². The molecule has 0 spiro atoms. The summed E-state index contributed by atoms with van der Waals surface area (Å²) >= 11 is 0. The normalized spacial score (nSPS) is 47.8. The van der Waals surface area contributed by atoms with Gasteiger partial charge in [-0.1, -0.05) is 34.6 Å². The lowest BCUT2D eigenvalue weighted by atomic mass is 9.45. The minimum Gasteiger partial charge on any atom is -0.390 e. The fourth-order valence-corrected chi connectivity index (χ4v) is 8.40. The lowest BCUT2D eigenvalue weighted by Gasteiger charge is -2.60. The van der Waals surface area contributed by atoms with Gasteiger partial charge < -0.3 is 25.5 Å². The van der Waals surface area contributed by atoms with Crippen LogP contribution in [0.4, 0.5) is 0 Å². The first-order valence-electron chi connectivity index (χ1n) is 13.3. The molecule has 6 nitrogen and oxygen atoms in total. The number of carbonyl (C=O) groups is 1. The molecule has 0 radical (unpaired) electrons. The van der Waals surface area contributed by atoms with E-state index in [1.54, 1.807) is 13.0 Å². The predicted molar refractivity (Wildman–Crippen MR) is 130 cm³/mol. The van der Waals surface area contributed by atoms with E-state index in [0.717, 1.165) is 12.0 Å². The van der Waals surface area contributed by atoms with E-state index in [4.69, 9.17) is 0 Å². The van der Waals surface area contributed by atoms with E-state index < -0.39 is 40.3 Å². The van der Waals surface area contributed by atoms with E-state index in [1.807, 2.05) is 13.8 Å². The molecule has 4 aliphatic rings. The van der Waals surface area contributed by atoms with Crippen LogP contribution in [0.1, 0.15) is 86.5 Å². The summed E-state index contributed by atoms with van der Waals surface area (Å²) in [7, 11) is 0. The molecule has 0 aromatic rings. The van der Waals surface area contributed by atoms with Crippen molar-refractivity contribution >= 4 is 5.78 Å². The number of aliphatic hydroxyl groups is 5. The van der Waals surface area contributed by atoms with Crippen LogP contribution >= 0.6 is 0 Å². The Labute approximate surface area is 204 Å². The average Bonchev–Trinajstić information content (AvgIpc) is 3.02. The molecule has 4 aliphatic carbocycles. The van der Waals surface area contributed by atoms with Crippen molar-refractivity contribution in [2.45, 2.75) is 116 Å². The molecule has 4 rings (SSSR count). The summed E-state index contributed by atoms with van der Waals surface area (Å²) in [6.07, 6.45) is 2.51. The molecule has 0 bridgehead atoms. The average molecular weight is 479 g/mol. The molecular weight excluding hydrogens is 432 g/mol. The monoisotopic (exact) mass is 478 g/mol. The SMILES string of the molecule is CC(C)[C@@H](C)C[C@@H](O)[C@](C)(O)[C@H]1CC[C@]2(O)C3=CC(=O)[C@@H]4C[C@@H](O)[C@@H](O)C[C@]4(C)[C@H]3CC[C@]12C. The minimum absolute atomic E-state index is 0.0509. The summed E-state index contributed by atoms with van der Waals surface area (Å²) in [5.41, 5.74) is -3.03. The molecule has 0 amide bonds. The van der Waals surface area contributed by atoms with Crippen LogP contribution in [-0.2, 0) is 4.79 Å². The summed E-state index contributed by atoms with van der Waals surface area (Å²) < 4.78 is 0. The van der Waals surface area contributed by atoms with E-state index in [1.165, 1.54) is 0 Å². The molecular formula is C28H46O6. The highest BCUT2D eigenvalue weighted by Gasteiger charge is 2.69. The third-order valence-corrected chi connectivity index (χ3v) is 11.2. The minimum atomic E-state index is -1.36. The Hall–Kier alpha value is -0.790. The molecule has 0 heterocycles. The fourth-order valence-electron chi connectivity index (χ4n) is 8.40. The van der Waals surface area contributed by atoms with Gasteiger partial charge in [0.25, 0.3) is 0 Å². The number of aliphatic hydroxyl groups excluding tert-OH is 3. The maximum atomic E-state index is 13.3. The highest BCUT2D eigenvalue weighted by molar-refractivity contribution is 5.95. The van der Waals surface area contributed by atoms with Crippen molar-refractivity contribution in [2.75, 3.05) is 0 Å². The van der Waals surface area contributed by atoms with Gasteiger partial charge in [-0.2, -0.15) is 0 Å². The quantitative estimate of drug-likeness (QED) is 0.415.